The Hall–Kier alpha value is -4.06. The van der Waals surface area contributed by atoms with Crippen molar-refractivity contribution < 1.29 is 24.5 Å². The van der Waals surface area contributed by atoms with Crippen molar-refractivity contribution in [3.05, 3.63) is 101 Å². The summed E-state index contributed by atoms with van der Waals surface area (Å²) in [5.41, 5.74) is 4.13. The van der Waals surface area contributed by atoms with Crippen molar-refractivity contribution in [2.45, 2.75) is 39.7 Å². The lowest BCUT2D eigenvalue weighted by molar-refractivity contribution is -0.136. The smallest absolute Gasteiger partial charge is 0.303 e. The number of carboxylic acid groups (broad SMARTS) is 1. The summed E-state index contributed by atoms with van der Waals surface area (Å²) in [4.78, 5) is 11.1. The number of benzene rings is 3. The van der Waals surface area contributed by atoms with Crippen LogP contribution in [0.25, 0.3) is 5.57 Å². The highest BCUT2D eigenvalue weighted by Gasteiger charge is 2.15. The lowest BCUT2D eigenvalue weighted by atomic mass is 9.93. The van der Waals surface area contributed by atoms with Crippen LogP contribution in [0.4, 0.5) is 0 Å². The van der Waals surface area contributed by atoms with E-state index in [1.165, 1.54) is 12.5 Å². The molecule has 0 saturated heterocycles. The summed E-state index contributed by atoms with van der Waals surface area (Å²) in [5, 5.41) is 27.3. The quantitative estimate of drug-likeness (QED) is 0.214. The van der Waals surface area contributed by atoms with Crippen LogP contribution in [0, 0.1) is 5.41 Å². The Morgan fingerprint density at radius 1 is 0.829 bits per heavy atom. The van der Waals surface area contributed by atoms with Crippen LogP contribution < -0.4 is 9.47 Å². The van der Waals surface area contributed by atoms with E-state index in [1.54, 1.807) is 25.1 Å². The minimum Gasteiger partial charge on any atom is -0.512 e. The van der Waals surface area contributed by atoms with Crippen molar-refractivity contribution in [2.75, 3.05) is 6.61 Å². The van der Waals surface area contributed by atoms with Crippen molar-refractivity contribution in [3.8, 4) is 11.5 Å². The standard InChI is InChI=1S/C29H31NO5/c1-20(30)29(21(2)31)27-18-26(14-10-24(27)11-15-28(32)33)35-19-23-8-12-25(13-9-23)34-17-16-22-6-4-3-5-7-22/h3-10,12-14,18,30-31H,11,15-17,19H2,1-2H3,(H,32,33)/b29-21+,30-20?. The number of hydrogen-bond donors (Lipinski definition) is 3. The van der Waals surface area contributed by atoms with Crippen LogP contribution in [0.5, 0.6) is 11.5 Å². The molecule has 3 rings (SSSR count). The topological polar surface area (TPSA) is 99.8 Å². The predicted octanol–water partition coefficient (Wildman–Crippen LogP) is 6.23. The fraction of sp³-hybridized carbons (Fsp3) is 0.241. The van der Waals surface area contributed by atoms with Crippen LogP contribution in [0.2, 0.25) is 0 Å². The maximum Gasteiger partial charge on any atom is 0.303 e. The van der Waals surface area contributed by atoms with Gasteiger partial charge in [0.2, 0.25) is 0 Å². The Morgan fingerprint density at radius 3 is 2.14 bits per heavy atom. The minimum absolute atomic E-state index is 0.00841. The van der Waals surface area contributed by atoms with Crippen molar-refractivity contribution in [2.24, 2.45) is 0 Å². The van der Waals surface area contributed by atoms with Gasteiger partial charge in [-0.15, -0.1) is 0 Å². The first-order chi connectivity index (χ1) is 16.8. The first kappa shape index (κ1) is 25.6. The van der Waals surface area contributed by atoms with Gasteiger partial charge in [0.15, 0.2) is 0 Å². The van der Waals surface area contributed by atoms with Gasteiger partial charge in [0, 0.05) is 24.1 Å². The number of hydrogen-bond acceptors (Lipinski definition) is 5. The third kappa shape index (κ3) is 7.74. The molecule has 0 radical (unpaired) electrons. The summed E-state index contributed by atoms with van der Waals surface area (Å²) < 4.78 is 11.8. The summed E-state index contributed by atoms with van der Waals surface area (Å²) in [5.74, 6) is 0.474. The zero-order valence-electron chi connectivity index (χ0n) is 20.1. The molecule has 0 bridgehead atoms. The number of aryl methyl sites for hydroxylation is 1. The van der Waals surface area contributed by atoms with Crippen molar-refractivity contribution in [3.63, 3.8) is 0 Å². The molecular formula is C29H31NO5. The highest BCUT2D eigenvalue weighted by atomic mass is 16.5. The van der Waals surface area contributed by atoms with Crippen LogP contribution in [0.3, 0.4) is 0 Å². The van der Waals surface area contributed by atoms with Crippen molar-refractivity contribution in [1.29, 1.82) is 5.41 Å². The van der Waals surface area contributed by atoms with E-state index in [9.17, 15) is 9.90 Å². The van der Waals surface area contributed by atoms with Gasteiger partial charge in [-0.25, -0.2) is 0 Å². The van der Waals surface area contributed by atoms with Crippen LogP contribution in [-0.2, 0) is 24.2 Å². The number of aliphatic hydroxyl groups is 1. The van der Waals surface area contributed by atoms with Gasteiger partial charge in [0.1, 0.15) is 18.1 Å². The first-order valence-corrected chi connectivity index (χ1v) is 11.5. The van der Waals surface area contributed by atoms with Gasteiger partial charge in [0.05, 0.1) is 12.4 Å². The van der Waals surface area contributed by atoms with Gasteiger partial charge in [-0.3, -0.25) is 4.79 Å². The van der Waals surface area contributed by atoms with Gasteiger partial charge >= 0.3 is 5.97 Å². The Morgan fingerprint density at radius 2 is 1.51 bits per heavy atom. The maximum absolute atomic E-state index is 11.1. The van der Waals surface area contributed by atoms with E-state index in [2.05, 4.69) is 12.1 Å². The highest BCUT2D eigenvalue weighted by Crippen LogP contribution is 2.29. The molecule has 0 saturated carbocycles. The molecule has 0 unspecified atom stereocenters. The second-order valence-electron chi connectivity index (χ2n) is 8.31. The van der Waals surface area contributed by atoms with E-state index >= 15 is 0 Å². The molecule has 6 heteroatoms. The number of carbonyl (C=O) groups is 1. The number of ether oxygens (including phenoxy) is 2. The zero-order chi connectivity index (χ0) is 25.2. The monoisotopic (exact) mass is 473 g/mol. The molecule has 0 heterocycles. The number of carboxylic acids is 1. The Kier molecular flexibility index (Phi) is 9.07. The molecule has 0 atom stereocenters. The Labute approximate surface area is 206 Å². The predicted molar refractivity (Wildman–Crippen MR) is 137 cm³/mol. The zero-order valence-corrected chi connectivity index (χ0v) is 20.1. The lowest BCUT2D eigenvalue weighted by Crippen LogP contribution is -2.06. The number of allylic oxidation sites excluding steroid dienone is 2. The second kappa shape index (κ2) is 12.4. The van der Waals surface area contributed by atoms with Gasteiger partial charge < -0.3 is 25.1 Å². The summed E-state index contributed by atoms with van der Waals surface area (Å²) in [7, 11) is 0. The molecule has 6 nitrogen and oxygen atoms in total. The molecule has 0 aliphatic heterocycles. The number of aliphatic hydroxyl groups excluding tert-OH is 1. The number of nitrogens with one attached hydrogen (secondary N) is 1. The fourth-order valence-electron chi connectivity index (χ4n) is 3.79. The van der Waals surface area contributed by atoms with Gasteiger partial charge in [-0.2, -0.15) is 0 Å². The van der Waals surface area contributed by atoms with Crippen LogP contribution in [-0.4, -0.2) is 28.5 Å². The molecule has 0 aromatic heterocycles. The van der Waals surface area contributed by atoms with Gasteiger partial charge in [-0.1, -0.05) is 48.5 Å². The maximum atomic E-state index is 11.1. The summed E-state index contributed by atoms with van der Waals surface area (Å²) in [6.07, 6.45) is 1.10. The van der Waals surface area contributed by atoms with Gasteiger partial charge in [-0.05, 0) is 66.8 Å². The molecule has 3 aromatic rings. The largest absolute Gasteiger partial charge is 0.512 e. The summed E-state index contributed by atoms with van der Waals surface area (Å²) >= 11 is 0. The van der Waals surface area contributed by atoms with E-state index < -0.39 is 5.97 Å². The number of rotatable bonds is 12. The molecule has 35 heavy (non-hydrogen) atoms. The van der Waals surface area contributed by atoms with Crippen molar-refractivity contribution in [1.82, 2.24) is 0 Å². The fourth-order valence-corrected chi connectivity index (χ4v) is 3.79. The van der Waals surface area contributed by atoms with E-state index in [4.69, 9.17) is 20.0 Å². The van der Waals surface area contributed by atoms with E-state index in [0.717, 1.165) is 23.3 Å². The Balaban J connectivity index is 1.65. The molecule has 0 amide bonds. The molecule has 0 spiro atoms. The summed E-state index contributed by atoms with van der Waals surface area (Å²) in [6.45, 7) is 4.04. The van der Waals surface area contributed by atoms with Gasteiger partial charge in [0.25, 0.3) is 0 Å². The van der Waals surface area contributed by atoms with Crippen molar-refractivity contribution >= 4 is 17.3 Å². The van der Waals surface area contributed by atoms with E-state index in [-0.39, 0.29) is 17.9 Å². The summed E-state index contributed by atoms with van der Waals surface area (Å²) in [6, 6.07) is 23.3. The SMILES string of the molecule is CC(=N)/C(=C(/C)O)c1cc(OCc2ccc(OCCc3ccccc3)cc2)ccc1CCC(=O)O. The first-order valence-electron chi connectivity index (χ1n) is 11.5. The van der Waals surface area contributed by atoms with E-state index in [0.29, 0.717) is 36.5 Å². The van der Waals surface area contributed by atoms with Crippen LogP contribution in [0.1, 0.15) is 42.5 Å². The third-order valence-electron chi connectivity index (χ3n) is 5.53. The minimum atomic E-state index is -0.901. The van der Waals surface area contributed by atoms with Crippen LogP contribution >= 0.6 is 0 Å². The number of aliphatic carboxylic acids is 1. The molecular weight excluding hydrogens is 442 g/mol. The molecule has 182 valence electrons. The molecule has 0 fully saturated rings. The lowest BCUT2D eigenvalue weighted by Gasteiger charge is -2.16. The third-order valence-corrected chi connectivity index (χ3v) is 5.53. The Bertz CT molecular complexity index is 1180. The molecule has 0 aliphatic carbocycles. The molecule has 3 aromatic carbocycles. The normalized spacial score (nSPS) is 11.5. The van der Waals surface area contributed by atoms with Crippen LogP contribution in [0.15, 0.2) is 78.6 Å². The second-order valence-corrected chi connectivity index (χ2v) is 8.31. The molecule has 0 aliphatic rings. The average Bonchev–Trinajstić information content (AvgIpc) is 2.83. The highest BCUT2D eigenvalue weighted by molar-refractivity contribution is 6.22. The van der Waals surface area contributed by atoms with E-state index in [1.807, 2.05) is 42.5 Å². The molecule has 3 N–H and O–H groups in total. The average molecular weight is 474 g/mol.